The van der Waals surface area contributed by atoms with Crippen LogP contribution in [0.25, 0.3) is 0 Å². The van der Waals surface area contributed by atoms with Crippen molar-refractivity contribution in [3.63, 3.8) is 0 Å². The third-order valence-electron chi connectivity index (χ3n) is 3.79. The maximum atomic E-state index is 13.7. The zero-order chi connectivity index (χ0) is 20.3. The van der Waals surface area contributed by atoms with E-state index in [1.54, 1.807) is 31.2 Å². The molecule has 2 N–H and O–H groups in total. The zero-order valence-corrected chi connectivity index (χ0v) is 15.1. The molecule has 1 aromatic heterocycles. The Morgan fingerprint density at radius 1 is 1.00 bits per heavy atom. The van der Waals surface area contributed by atoms with Gasteiger partial charge in [-0.3, -0.25) is 9.59 Å². The van der Waals surface area contributed by atoms with Gasteiger partial charge < -0.3 is 10.6 Å². The van der Waals surface area contributed by atoms with Crippen LogP contribution in [0.2, 0.25) is 0 Å². The highest BCUT2D eigenvalue weighted by Gasteiger charge is 2.14. The second-order valence-corrected chi connectivity index (χ2v) is 6.06. The minimum Gasteiger partial charge on any atom is -0.324 e. The molecule has 28 heavy (non-hydrogen) atoms. The lowest BCUT2D eigenvalue weighted by Crippen LogP contribution is -2.16. The number of aromatic nitrogens is 2. The van der Waals surface area contributed by atoms with Gasteiger partial charge >= 0.3 is 0 Å². The summed E-state index contributed by atoms with van der Waals surface area (Å²) in [6.07, 6.45) is 0. The highest BCUT2D eigenvalue weighted by atomic mass is 19.1. The Balaban J connectivity index is 1.83. The van der Waals surface area contributed by atoms with Gasteiger partial charge in [0.1, 0.15) is 17.3 Å². The van der Waals surface area contributed by atoms with Crippen molar-refractivity contribution in [3.8, 4) is 0 Å². The van der Waals surface area contributed by atoms with Gasteiger partial charge in [-0.05, 0) is 44.2 Å². The van der Waals surface area contributed by atoms with Crippen molar-refractivity contribution in [2.45, 2.75) is 13.8 Å². The smallest absolute Gasteiger partial charge is 0.274 e. The quantitative estimate of drug-likeness (QED) is 0.644. The summed E-state index contributed by atoms with van der Waals surface area (Å²) in [6.45, 7) is 3.13. The number of anilines is 3. The van der Waals surface area contributed by atoms with E-state index in [2.05, 4.69) is 20.6 Å². The number of amides is 1. The molecule has 0 aliphatic heterocycles. The summed E-state index contributed by atoms with van der Waals surface area (Å²) in [5, 5.41) is 5.29. The number of carbonyl (C=O) groups excluding carboxylic acids is 2. The van der Waals surface area contributed by atoms with Crippen LogP contribution in [-0.2, 0) is 0 Å². The molecule has 0 fully saturated rings. The largest absolute Gasteiger partial charge is 0.324 e. The zero-order valence-electron chi connectivity index (χ0n) is 15.1. The number of carbonyl (C=O) groups is 2. The monoisotopic (exact) mass is 382 g/mol. The van der Waals surface area contributed by atoms with Gasteiger partial charge in [-0.2, -0.15) is 0 Å². The highest BCUT2D eigenvalue weighted by Crippen LogP contribution is 2.18. The summed E-state index contributed by atoms with van der Waals surface area (Å²) in [7, 11) is 0. The lowest BCUT2D eigenvalue weighted by molar-refractivity contribution is 0.101. The summed E-state index contributed by atoms with van der Waals surface area (Å²) < 4.78 is 26.7. The molecule has 8 heteroatoms. The van der Waals surface area contributed by atoms with E-state index in [9.17, 15) is 18.4 Å². The third kappa shape index (κ3) is 4.53. The molecule has 142 valence electrons. The Bertz CT molecular complexity index is 1070. The van der Waals surface area contributed by atoms with Crippen molar-refractivity contribution in [2.24, 2.45) is 0 Å². The summed E-state index contributed by atoms with van der Waals surface area (Å²) in [4.78, 5) is 32.3. The van der Waals surface area contributed by atoms with Crippen molar-refractivity contribution in [1.29, 1.82) is 0 Å². The molecule has 2 aromatic carbocycles. The molecule has 0 aliphatic rings. The highest BCUT2D eigenvalue weighted by molar-refractivity contribution is 6.03. The average molecular weight is 382 g/mol. The van der Waals surface area contributed by atoms with Crippen LogP contribution in [0.3, 0.4) is 0 Å². The van der Waals surface area contributed by atoms with Crippen LogP contribution in [0.5, 0.6) is 0 Å². The van der Waals surface area contributed by atoms with E-state index >= 15 is 0 Å². The number of halogens is 2. The first-order valence-electron chi connectivity index (χ1n) is 8.32. The predicted molar refractivity (Wildman–Crippen MR) is 101 cm³/mol. The first-order valence-corrected chi connectivity index (χ1v) is 8.32. The van der Waals surface area contributed by atoms with E-state index in [1.807, 2.05) is 0 Å². The van der Waals surface area contributed by atoms with Gasteiger partial charge in [-0.25, -0.2) is 18.7 Å². The van der Waals surface area contributed by atoms with Gasteiger partial charge in [-0.1, -0.05) is 12.1 Å². The molecule has 6 nitrogen and oxygen atoms in total. The number of hydrogen-bond donors (Lipinski definition) is 2. The Labute approximate surface area is 159 Å². The van der Waals surface area contributed by atoms with Crippen LogP contribution in [-0.4, -0.2) is 21.7 Å². The van der Waals surface area contributed by atoms with E-state index in [-0.39, 0.29) is 23.1 Å². The van der Waals surface area contributed by atoms with Gasteiger partial charge in [0.2, 0.25) is 5.95 Å². The van der Waals surface area contributed by atoms with Gasteiger partial charge in [0.25, 0.3) is 5.91 Å². The van der Waals surface area contributed by atoms with Crippen LogP contribution < -0.4 is 10.6 Å². The number of rotatable bonds is 5. The molecule has 0 aliphatic carbocycles. The number of nitrogens with zero attached hydrogens (tertiary/aromatic N) is 2. The van der Waals surface area contributed by atoms with E-state index in [0.717, 1.165) is 12.1 Å². The number of aryl methyl sites for hydroxylation is 1. The second-order valence-electron chi connectivity index (χ2n) is 6.06. The van der Waals surface area contributed by atoms with E-state index in [1.165, 1.54) is 13.0 Å². The number of benzene rings is 2. The lowest BCUT2D eigenvalue weighted by atomic mass is 10.1. The van der Waals surface area contributed by atoms with Crippen molar-refractivity contribution < 1.29 is 18.4 Å². The maximum Gasteiger partial charge on any atom is 0.274 e. The Morgan fingerprint density at radius 3 is 2.50 bits per heavy atom. The molecule has 0 atom stereocenters. The Kier molecular flexibility index (Phi) is 5.39. The minimum atomic E-state index is -0.890. The summed E-state index contributed by atoms with van der Waals surface area (Å²) in [6, 6.07) is 11.0. The van der Waals surface area contributed by atoms with Crippen LogP contribution >= 0.6 is 0 Å². The molecule has 0 unspecified atom stereocenters. The fourth-order valence-corrected chi connectivity index (χ4v) is 2.46. The molecule has 0 radical (unpaired) electrons. The number of nitrogens with one attached hydrogen (secondary N) is 2. The third-order valence-corrected chi connectivity index (χ3v) is 3.79. The van der Waals surface area contributed by atoms with Crippen LogP contribution in [0.15, 0.2) is 48.5 Å². The van der Waals surface area contributed by atoms with Crippen molar-refractivity contribution in [1.82, 2.24) is 9.97 Å². The molecule has 0 spiro atoms. The van der Waals surface area contributed by atoms with Crippen molar-refractivity contribution in [2.75, 3.05) is 10.6 Å². The molecule has 3 aromatic rings. The normalized spacial score (nSPS) is 10.4. The molecule has 3 rings (SSSR count). The molecule has 1 amide bonds. The van der Waals surface area contributed by atoms with Gasteiger partial charge in [-0.15, -0.1) is 0 Å². The van der Waals surface area contributed by atoms with E-state index < -0.39 is 17.5 Å². The van der Waals surface area contributed by atoms with Crippen LogP contribution in [0.1, 0.15) is 33.5 Å². The van der Waals surface area contributed by atoms with E-state index in [4.69, 9.17) is 0 Å². The minimum absolute atomic E-state index is 0.00134. The fourth-order valence-electron chi connectivity index (χ4n) is 2.46. The topological polar surface area (TPSA) is 84.0 Å². The first kappa shape index (κ1) is 19.1. The Hall–Kier alpha value is -3.68. The van der Waals surface area contributed by atoms with E-state index in [0.29, 0.717) is 23.0 Å². The maximum absolute atomic E-state index is 13.7. The van der Waals surface area contributed by atoms with Crippen LogP contribution in [0, 0.1) is 18.6 Å². The standard InChI is InChI=1S/C20H16F2N4O2/c1-11-8-18(19(28)25-17-7-6-14(21)10-16(17)22)26-20(23-11)24-15-5-3-4-13(9-15)12(2)27/h3-10H,1-2H3,(H,25,28)(H,23,24,26). The fraction of sp³-hybridized carbons (Fsp3) is 0.100. The summed E-state index contributed by atoms with van der Waals surface area (Å²) in [5.74, 6) is -2.25. The van der Waals surface area contributed by atoms with Crippen molar-refractivity contribution >= 4 is 29.0 Å². The molecule has 0 saturated heterocycles. The Morgan fingerprint density at radius 2 is 1.79 bits per heavy atom. The molecule has 0 saturated carbocycles. The molecule has 0 bridgehead atoms. The SMILES string of the molecule is CC(=O)c1cccc(Nc2nc(C)cc(C(=O)Nc3ccc(F)cc3F)n2)c1. The van der Waals surface area contributed by atoms with Gasteiger partial charge in [0.15, 0.2) is 5.78 Å². The first-order chi connectivity index (χ1) is 13.3. The number of ketones is 1. The number of hydrogen-bond acceptors (Lipinski definition) is 5. The summed E-state index contributed by atoms with van der Waals surface area (Å²) >= 11 is 0. The summed E-state index contributed by atoms with van der Waals surface area (Å²) in [5.41, 5.74) is 1.44. The second kappa shape index (κ2) is 7.91. The van der Waals surface area contributed by atoms with Gasteiger partial charge in [0.05, 0.1) is 5.69 Å². The molecular weight excluding hydrogens is 366 g/mol. The molecule has 1 heterocycles. The number of Topliss-reactive ketones (excluding diaryl/α,β-unsaturated/α-hetero) is 1. The van der Waals surface area contributed by atoms with Crippen molar-refractivity contribution in [3.05, 3.63) is 77.1 Å². The predicted octanol–water partition coefficient (Wildman–Crippen LogP) is 4.26. The average Bonchev–Trinajstić information content (AvgIpc) is 2.63. The lowest BCUT2D eigenvalue weighted by Gasteiger charge is -2.10. The molecular formula is C20H16F2N4O2. The van der Waals surface area contributed by atoms with Gasteiger partial charge in [0, 0.05) is 23.0 Å². The van der Waals surface area contributed by atoms with Crippen LogP contribution in [0.4, 0.5) is 26.1 Å².